The van der Waals surface area contributed by atoms with E-state index in [2.05, 4.69) is 4.74 Å². The fourth-order valence-electron chi connectivity index (χ4n) is 2.30. The minimum atomic E-state index is -1.12. The summed E-state index contributed by atoms with van der Waals surface area (Å²) < 4.78 is 37.0. The monoisotopic (exact) mass is 306 g/mol. The first-order valence-corrected chi connectivity index (χ1v) is 6.22. The molecule has 0 bridgehead atoms. The van der Waals surface area contributed by atoms with Gasteiger partial charge in [0, 0.05) is 11.6 Å². The number of rotatable bonds is 2. The molecule has 2 rings (SSSR count). The summed E-state index contributed by atoms with van der Waals surface area (Å²) in [6, 6.07) is 4.65. The Morgan fingerprint density at radius 2 is 2.14 bits per heavy atom. The summed E-state index contributed by atoms with van der Waals surface area (Å²) in [5.74, 6) is -3.72. The van der Waals surface area contributed by atoms with E-state index in [4.69, 9.17) is 10.5 Å². The van der Waals surface area contributed by atoms with Crippen LogP contribution in [0.15, 0.2) is 41.0 Å². The van der Waals surface area contributed by atoms with Crippen LogP contribution in [-0.2, 0) is 14.3 Å². The first-order chi connectivity index (χ1) is 10.4. The molecule has 1 unspecified atom stereocenters. The van der Waals surface area contributed by atoms with Gasteiger partial charge in [0.05, 0.1) is 18.6 Å². The maximum absolute atomic E-state index is 14.1. The Labute approximate surface area is 125 Å². The number of hydrogen-bond donors (Lipinski definition) is 1. The van der Waals surface area contributed by atoms with Gasteiger partial charge in [-0.1, -0.05) is 6.07 Å². The number of nitriles is 1. The molecule has 114 valence electrons. The molecule has 1 atom stereocenters. The van der Waals surface area contributed by atoms with Gasteiger partial charge in [-0.2, -0.15) is 5.26 Å². The van der Waals surface area contributed by atoms with Crippen LogP contribution in [0.4, 0.5) is 8.78 Å². The van der Waals surface area contributed by atoms with Crippen molar-refractivity contribution in [2.24, 2.45) is 5.73 Å². The molecular formula is C15H12F2N2O3. The van der Waals surface area contributed by atoms with Crippen LogP contribution in [0.1, 0.15) is 18.4 Å². The number of benzene rings is 1. The number of esters is 1. The maximum Gasteiger partial charge on any atom is 0.338 e. The van der Waals surface area contributed by atoms with Gasteiger partial charge in [0.2, 0.25) is 5.88 Å². The van der Waals surface area contributed by atoms with Crippen molar-refractivity contribution in [3.05, 3.63) is 58.2 Å². The van der Waals surface area contributed by atoms with Crippen LogP contribution in [0, 0.1) is 23.0 Å². The second kappa shape index (κ2) is 5.85. The SMILES string of the molecule is COC(=O)C1=C(C)OC(N)=C(C#N)C1c1ccc(F)cc1F. The Balaban J connectivity index is 2.71. The molecule has 2 N–H and O–H groups in total. The number of halogens is 2. The van der Waals surface area contributed by atoms with Crippen molar-refractivity contribution in [2.45, 2.75) is 12.8 Å². The van der Waals surface area contributed by atoms with Crippen molar-refractivity contribution in [1.82, 2.24) is 0 Å². The minimum absolute atomic E-state index is 0.0567. The first-order valence-electron chi connectivity index (χ1n) is 6.22. The molecule has 0 fully saturated rings. The molecule has 7 heteroatoms. The molecule has 0 radical (unpaired) electrons. The lowest BCUT2D eigenvalue weighted by Gasteiger charge is -2.26. The van der Waals surface area contributed by atoms with Crippen molar-refractivity contribution in [2.75, 3.05) is 7.11 Å². The summed E-state index contributed by atoms with van der Waals surface area (Å²) in [5.41, 5.74) is 5.38. The number of nitrogens with two attached hydrogens (primary N) is 1. The third-order valence-electron chi connectivity index (χ3n) is 3.28. The zero-order valence-corrected chi connectivity index (χ0v) is 11.8. The van der Waals surface area contributed by atoms with E-state index in [9.17, 15) is 18.8 Å². The van der Waals surface area contributed by atoms with Crippen molar-refractivity contribution >= 4 is 5.97 Å². The summed E-state index contributed by atoms with van der Waals surface area (Å²) in [4.78, 5) is 12.0. The molecule has 1 aliphatic heterocycles. The molecule has 0 saturated carbocycles. The maximum atomic E-state index is 14.1. The van der Waals surface area contributed by atoms with Gasteiger partial charge >= 0.3 is 5.97 Å². The Hall–Kier alpha value is -2.88. The van der Waals surface area contributed by atoms with Gasteiger partial charge in [0.15, 0.2) is 0 Å². The lowest BCUT2D eigenvalue weighted by molar-refractivity contribution is -0.136. The second-order valence-corrected chi connectivity index (χ2v) is 4.55. The Kier molecular flexibility index (Phi) is 4.13. The van der Waals surface area contributed by atoms with E-state index in [-0.39, 0.29) is 28.4 Å². The summed E-state index contributed by atoms with van der Waals surface area (Å²) in [6.45, 7) is 1.45. The molecule has 0 saturated heterocycles. The van der Waals surface area contributed by atoms with Crippen LogP contribution >= 0.6 is 0 Å². The molecular weight excluding hydrogens is 294 g/mol. The number of nitrogens with zero attached hydrogens (tertiary/aromatic N) is 1. The highest BCUT2D eigenvalue weighted by Gasteiger charge is 2.37. The van der Waals surface area contributed by atoms with Crippen molar-refractivity contribution in [3.8, 4) is 6.07 Å². The third-order valence-corrected chi connectivity index (χ3v) is 3.28. The number of ether oxygens (including phenoxy) is 2. The van der Waals surface area contributed by atoms with Gasteiger partial charge < -0.3 is 15.2 Å². The molecule has 0 aliphatic carbocycles. The lowest BCUT2D eigenvalue weighted by atomic mass is 9.83. The fourth-order valence-corrected chi connectivity index (χ4v) is 2.30. The van der Waals surface area contributed by atoms with E-state index in [1.54, 1.807) is 6.07 Å². The van der Waals surface area contributed by atoms with Gasteiger partial charge in [-0.05, 0) is 13.0 Å². The fraction of sp³-hybridized carbons (Fsp3) is 0.200. The van der Waals surface area contributed by atoms with Gasteiger partial charge in [0.25, 0.3) is 0 Å². The third kappa shape index (κ3) is 2.51. The van der Waals surface area contributed by atoms with Gasteiger partial charge in [0.1, 0.15) is 29.0 Å². The Morgan fingerprint density at radius 3 is 2.68 bits per heavy atom. The van der Waals surface area contributed by atoms with E-state index in [1.165, 1.54) is 6.92 Å². The van der Waals surface area contributed by atoms with Crippen molar-refractivity contribution in [1.29, 1.82) is 5.26 Å². The number of carbonyl (C=O) groups excluding carboxylic acids is 1. The van der Waals surface area contributed by atoms with Gasteiger partial charge in [-0.15, -0.1) is 0 Å². The van der Waals surface area contributed by atoms with Gasteiger partial charge in [-0.25, -0.2) is 13.6 Å². The largest absolute Gasteiger partial charge is 0.466 e. The molecule has 1 aromatic rings. The molecule has 0 aromatic heterocycles. The van der Waals surface area contributed by atoms with Crippen LogP contribution in [0.25, 0.3) is 0 Å². The van der Waals surface area contributed by atoms with E-state index >= 15 is 0 Å². The smallest absolute Gasteiger partial charge is 0.338 e. The number of allylic oxidation sites excluding steroid dienone is 2. The zero-order valence-electron chi connectivity index (χ0n) is 11.8. The molecule has 0 amide bonds. The van der Waals surface area contributed by atoms with E-state index in [0.29, 0.717) is 6.07 Å². The predicted molar refractivity (Wildman–Crippen MR) is 71.7 cm³/mol. The summed E-state index contributed by atoms with van der Waals surface area (Å²) in [6.07, 6.45) is 0. The molecule has 1 aliphatic rings. The molecule has 22 heavy (non-hydrogen) atoms. The first kappa shape index (κ1) is 15.5. The molecule has 1 heterocycles. The number of carbonyl (C=O) groups is 1. The van der Waals surface area contributed by atoms with Crippen LogP contribution in [0.2, 0.25) is 0 Å². The molecule has 0 spiro atoms. The van der Waals surface area contributed by atoms with Crippen LogP contribution in [0.3, 0.4) is 0 Å². The molecule has 1 aromatic carbocycles. The average Bonchev–Trinajstić information content (AvgIpc) is 2.46. The minimum Gasteiger partial charge on any atom is -0.466 e. The van der Waals surface area contributed by atoms with Crippen LogP contribution in [0.5, 0.6) is 0 Å². The number of methoxy groups -OCH3 is 1. The average molecular weight is 306 g/mol. The Morgan fingerprint density at radius 1 is 1.45 bits per heavy atom. The van der Waals surface area contributed by atoms with E-state index in [0.717, 1.165) is 19.2 Å². The van der Waals surface area contributed by atoms with Crippen molar-refractivity contribution in [3.63, 3.8) is 0 Å². The van der Waals surface area contributed by atoms with Gasteiger partial charge in [-0.3, -0.25) is 0 Å². The van der Waals surface area contributed by atoms with Crippen molar-refractivity contribution < 1.29 is 23.0 Å². The number of hydrogen-bond acceptors (Lipinski definition) is 5. The lowest BCUT2D eigenvalue weighted by Crippen LogP contribution is -2.25. The van der Waals surface area contributed by atoms with E-state index < -0.39 is 23.5 Å². The summed E-state index contributed by atoms with van der Waals surface area (Å²) >= 11 is 0. The summed E-state index contributed by atoms with van der Waals surface area (Å²) in [7, 11) is 1.15. The Bertz CT molecular complexity index is 748. The summed E-state index contributed by atoms with van der Waals surface area (Å²) in [5, 5.41) is 9.26. The normalized spacial score (nSPS) is 17.9. The second-order valence-electron chi connectivity index (χ2n) is 4.55. The zero-order chi connectivity index (χ0) is 16.4. The van der Waals surface area contributed by atoms with Crippen LogP contribution < -0.4 is 5.73 Å². The highest BCUT2D eigenvalue weighted by Crippen LogP contribution is 2.40. The van der Waals surface area contributed by atoms with E-state index in [1.807, 2.05) is 0 Å². The van der Waals surface area contributed by atoms with Crippen LogP contribution in [-0.4, -0.2) is 13.1 Å². The topological polar surface area (TPSA) is 85.3 Å². The standard InChI is InChI=1S/C15H12F2N2O3/c1-7-12(15(20)21-2)13(10(6-18)14(19)22-7)9-4-3-8(16)5-11(9)17/h3-5,13H,19H2,1-2H3. The quantitative estimate of drug-likeness (QED) is 0.847. The highest BCUT2D eigenvalue weighted by molar-refractivity contribution is 5.92. The predicted octanol–water partition coefficient (Wildman–Crippen LogP) is 2.22. The highest BCUT2D eigenvalue weighted by atomic mass is 19.1. The molecule has 5 nitrogen and oxygen atoms in total.